The first kappa shape index (κ1) is 28.7. The van der Waals surface area contributed by atoms with Crippen molar-refractivity contribution < 1.29 is 19.1 Å². The van der Waals surface area contributed by atoms with Gasteiger partial charge in [0.25, 0.3) is 0 Å². The molecule has 2 aliphatic carbocycles. The second-order valence-electron chi connectivity index (χ2n) is 11.8. The number of rotatable bonds is 9. The number of benzene rings is 4. The highest BCUT2D eigenvalue weighted by Crippen LogP contribution is 2.54. The minimum Gasteiger partial charge on any atom is -0.463 e. The lowest BCUT2D eigenvalue weighted by Crippen LogP contribution is -2.33. The normalized spacial score (nSPS) is 16.8. The third kappa shape index (κ3) is 4.80. The highest BCUT2D eigenvalue weighted by atomic mass is 35.5. The van der Waals surface area contributed by atoms with E-state index in [0.717, 1.165) is 38.4 Å². The molecule has 4 nitrogen and oxygen atoms in total. The van der Waals surface area contributed by atoms with Gasteiger partial charge in [-0.1, -0.05) is 93.2 Å². The Hall–Kier alpha value is -4.41. The summed E-state index contributed by atoms with van der Waals surface area (Å²) in [5.74, 6) is -0.925. The van der Waals surface area contributed by atoms with E-state index >= 15 is 0 Å². The van der Waals surface area contributed by atoms with E-state index in [2.05, 4.69) is 87.7 Å². The summed E-state index contributed by atoms with van der Waals surface area (Å²) in [6, 6.07) is 27.7. The van der Waals surface area contributed by atoms with Crippen molar-refractivity contribution in [2.75, 3.05) is 13.2 Å². The molecule has 1 unspecified atom stereocenters. The van der Waals surface area contributed by atoms with Crippen LogP contribution in [0.5, 0.6) is 0 Å². The average Bonchev–Trinajstić information content (AvgIpc) is 3.42. The van der Waals surface area contributed by atoms with E-state index in [0.29, 0.717) is 12.8 Å². The van der Waals surface area contributed by atoms with Crippen LogP contribution in [0.3, 0.4) is 0 Å². The van der Waals surface area contributed by atoms with Crippen molar-refractivity contribution in [3.8, 4) is 33.4 Å². The zero-order valence-corrected chi connectivity index (χ0v) is 25.2. The molecule has 43 heavy (non-hydrogen) atoms. The number of fused-ring (bicyclic) bond motifs is 6. The Labute approximate surface area is 257 Å². The van der Waals surface area contributed by atoms with Gasteiger partial charge in [0.15, 0.2) is 0 Å². The maximum Gasteiger partial charge on any atom is 0.330 e. The molecule has 0 aromatic heterocycles. The molecule has 6 rings (SSSR count). The lowest BCUT2D eigenvalue weighted by atomic mass is 9.74. The second kappa shape index (κ2) is 11.0. The summed E-state index contributed by atoms with van der Waals surface area (Å²) in [5.41, 5.74) is 10.7. The Bertz CT molecular complexity index is 1800. The van der Waals surface area contributed by atoms with Crippen LogP contribution < -0.4 is 0 Å². The minimum atomic E-state index is -0.621. The third-order valence-corrected chi connectivity index (χ3v) is 9.26. The van der Waals surface area contributed by atoms with Crippen LogP contribution in [-0.4, -0.2) is 25.2 Å². The summed E-state index contributed by atoms with van der Waals surface area (Å²) < 4.78 is 11.1. The number of ether oxygens (including phenoxy) is 2. The van der Waals surface area contributed by atoms with Gasteiger partial charge < -0.3 is 9.47 Å². The van der Waals surface area contributed by atoms with Crippen LogP contribution >= 0.6 is 11.6 Å². The highest BCUT2D eigenvalue weighted by Gasteiger charge is 2.44. The monoisotopic (exact) mass is 588 g/mol. The molecular formula is C38H33ClO4. The second-order valence-corrected chi connectivity index (χ2v) is 12.2. The van der Waals surface area contributed by atoms with Crippen molar-refractivity contribution in [2.45, 2.75) is 37.5 Å². The van der Waals surface area contributed by atoms with Gasteiger partial charge in [0.1, 0.15) is 6.61 Å². The number of esters is 2. The van der Waals surface area contributed by atoms with Crippen LogP contribution in [0, 0.1) is 0 Å². The number of carbonyl (C=O) groups excluding carboxylic acids is 2. The van der Waals surface area contributed by atoms with E-state index in [-0.39, 0.29) is 18.6 Å². The highest BCUT2D eigenvalue weighted by molar-refractivity contribution is 6.30. The van der Waals surface area contributed by atoms with Gasteiger partial charge in [-0.25, -0.2) is 9.59 Å². The van der Waals surface area contributed by atoms with Gasteiger partial charge in [-0.3, -0.25) is 0 Å². The van der Waals surface area contributed by atoms with Crippen molar-refractivity contribution in [1.29, 1.82) is 0 Å². The number of hydrogen-bond donors (Lipinski definition) is 0. The SMILES string of the molecule is C=CC(=O)OCCCC1(COC(=O)C=C)c2ccccc2-c2ccc(-c3ccc4c(c3)C(C)(C)c3cc(Cl)ccc3-4)cc21. The molecule has 0 radical (unpaired) electrons. The van der Waals surface area contributed by atoms with Gasteiger partial charge in [0.2, 0.25) is 0 Å². The van der Waals surface area contributed by atoms with E-state index in [4.69, 9.17) is 21.1 Å². The molecule has 4 aromatic rings. The molecule has 2 aliphatic rings. The van der Waals surface area contributed by atoms with E-state index in [1.54, 1.807) is 0 Å². The van der Waals surface area contributed by atoms with Crippen molar-refractivity contribution in [2.24, 2.45) is 0 Å². The summed E-state index contributed by atoms with van der Waals surface area (Å²) in [7, 11) is 0. The predicted molar refractivity (Wildman–Crippen MR) is 172 cm³/mol. The molecule has 0 saturated carbocycles. The zero-order chi connectivity index (χ0) is 30.4. The molecule has 0 aliphatic heterocycles. The first-order valence-electron chi connectivity index (χ1n) is 14.5. The van der Waals surface area contributed by atoms with Gasteiger partial charge in [-0.15, -0.1) is 0 Å². The van der Waals surface area contributed by atoms with Gasteiger partial charge in [0, 0.05) is 22.6 Å². The number of halogens is 1. The average molecular weight is 589 g/mol. The van der Waals surface area contributed by atoms with Crippen LogP contribution in [0.4, 0.5) is 0 Å². The minimum absolute atomic E-state index is 0.147. The maximum atomic E-state index is 12.3. The van der Waals surface area contributed by atoms with Crippen molar-refractivity contribution in [3.63, 3.8) is 0 Å². The molecule has 0 N–H and O–H groups in total. The molecular weight excluding hydrogens is 556 g/mol. The lowest BCUT2D eigenvalue weighted by Gasteiger charge is -2.32. The fourth-order valence-corrected chi connectivity index (χ4v) is 7.05. The fraction of sp³-hybridized carbons (Fsp3) is 0.211. The van der Waals surface area contributed by atoms with Gasteiger partial charge >= 0.3 is 11.9 Å². The number of hydrogen-bond acceptors (Lipinski definition) is 4. The van der Waals surface area contributed by atoms with Gasteiger partial charge in [-0.2, -0.15) is 0 Å². The zero-order valence-electron chi connectivity index (χ0n) is 24.4. The molecule has 0 bridgehead atoms. The Morgan fingerprint density at radius 1 is 0.721 bits per heavy atom. The topological polar surface area (TPSA) is 52.6 Å². The lowest BCUT2D eigenvalue weighted by molar-refractivity contribution is -0.139. The summed E-state index contributed by atoms with van der Waals surface area (Å²) in [4.78, 5) is 24.1. The third-order valence-electron chi connectivity index (χ3n) is 9.03. The van der Waals surface area contributed by atoms with Crippen molar-refractivity contribution in [1.82, 2.24) is 0 Å². The van der Waals surface area contributed by atoms with Crippen LogP contribution in [0.1, 0.15) is 48.9 Å². The molecule has 216 valence electrons. The maximum absolute atomic E-state index is 12.3. The standard InChI is InChI=1S/C38H33ClO4/c1-5-35(40)42-19-9-18-38(23-43-36(41)6-2)31-11-8-7-10-27(31)30-16-13-25(21-34(30)38)24-12-15-28-29-17-14-26(39)22-33(29)37(3,4)32(28)20-24/h5-8,10-17,20-22H,1-2,9,18-19,23H2,3-4H3. The first-order chi connectivity index (χ1) is 20.7. The van der Waals surface area contributed by atoms with Gasteiger partial charge in [0.05, 0.1) is 12.0 Å². The molecule has 0 spiro atoms. The predicted octanol–water partition coefficient (Wildman–Crippen LogP) is 8.82. The van der Waals surface area contributed by atoms with E-state index in [1.807, 2.05) is 18.2 Å². The van der Waals surface area contributed by atoms with Crippen molar-refractivity contribution >= 4 is 23.5 Å². The first-order valence-corrected chi connectivity index (χ1v) is 14.9. The molecule has 1 atom stereocenters. The largest absolute Gasteiger partial charge is 0.463 e. The van der Waals surface area contributed by atoms with Crippen LogP contribution in [0.25, 0.3) is 33.4 Å². The molecule has 4 aromatic carbocycles. The Morgan fingerprint density at radius 2 is 1.28 bits per heavy atom. The van der Waals surface area contributed by atoms with E-state index in [9.17, 15) is 9.59 Å². The Balaban J connectivity index is 1.44. The molecule has 0 saturated heterocycles. The molecule has 5 heteroatoms. The summed E-state index contributed by atoms with van der Waals surface area (Å²) in [6.07, 6.45) is 3.55. The molecule has 0 amide bonds. The summed E-state index contributed by atoms with van der Waals surface area (Å²) >= 11 is 6.40. The summed E-state index contributed by atoms with van der Waals surface area (Å²) in [5, 5.41) is 0.741. The fourth-order valence-electron chi connectivity index (χ4n) is 6.88. The molecule has 0 heterocycles. The van der Waals surface area contributed by atoms with Crippen LogP contribution in [-0.2, 0) is 29.9 Å². The molecule has 0 fully saturated rings. The van der Waals surface area contributed by atoms with Crippen LogP contribution in [0.2, 0.25) is 5.02 Å². The Kier molecular flexibility index (Phi) is 7.35. The van der Waals surface area contributed by atoms with E-state index in [1.165, 1.54) is 34.4 Å². The van der Waals surface area contributed by atoms with Crippen LogP contribution in [0.15, 0.2) is 104 Å². The quantitative estimate of drug-likeness (QED) is 0.111. The van der Waals surface area contributed by atoms with Crippen molar-refractivity contribution in [3.05, 3.63) is 131 Å². The number of carbonyl (C=O) groups is 2. The summed E-state index contributed by atoms with van der Waals surface area (Å²) in [6.45, 7) is 11.9. The van der Waals surface area contributed by atoms with Gasteiger partial charge in [-0.05, 0) is 92.7 Å². The Morgan fingerprint density at radius 3 is 1.98 bits per heavy atom. The van der Waals surface area contributed by atoms with E-state index < -0.39 is 17.4 Å². The smallest absolute Gasteiger partial charge is 0.330 e.